The molecule has 0 saturated carbocycles. The van der Waals surface area contributed by atoms with Crippen LogP contribution < -0.4 is 0 Å². The molecule has 1 aliphatic rings. The Morgan fingerprint density at radius 1 is 1.27 bits per heavy atom. The third-order valence-corrected chi connectivity index (χ3v) is 4.69. The van der Waals surface area contributed by atoms with E-state index in [9.17, 15) is 14.4 Å². The Bertz CT molecular complexity index is 575. The van der Waals surface area contributed by atoms with Gasteiger partial charge >= 0.3 is 5.97 Å². The number of carbonyl (C=O) groups excluding carboxylic acids is 2. The number of carbonyl (C=O) groups is 3. The molecule has 1 fully saturated rings. The van der Waals surface area contributed by atoms with Crippen molar-refractivity contribution in [3.05, 3.63) is 35.9 Å². The van der Waals surface area contributed by atoms with Gasteiger partial charge in [-0.15, -0.1) is 0 Å². The van der Waals surface area contributed by atoms with Crippen molar-refractivity contribution >= 4 is 30.3 Å². The normalized spacial score (nSPS) is 20.5. The lowest BCUT2D eigenvalue weighted by Gasteiger charge is -2.27. The Labute approximate surface area is 134 Å². The number of hydrogen-bond acceptors (Lipinski definition) is 4. The van der Waals surface area contributed by atoms with E-state index in [1.165, 1.54) is 4.90 Å². The fraction of sp³-hybridized carbons (Fsp3) is 0.438. The molecule has 5 nitrogen and oxygen atoms in total. The zero-order valence-electron chi connectivity index (χ0n) is 12.3. The van der Waals surface area contributed by atoms with Crippen molar-refractivity contribution in [2.75, 3.05) is 6.54 Å². The van der Waals surface area contributed by atoms with E-state index >= 15 is 0 Å². The highest BCUT2D eigenvalue weighted by molar-refractivity contribution is 7.81. The fourth-order valence-electron chi connectivity index (χ4n) is 2.68. The molecule has 1 N–H and O–H groups in total. The van der Waals surface area contributed by atoms with Gasteiger partial charge in [0.1, 0.15) is 6.04 Å². The molecule has 22 heavy (non-hydrogen) atoms. The number of amides is 1. The van der Waals surface area contributed by atoms with E-state index in [4.69, 9.17) is 5.11 Å². The van der Waals surface area contributed by atoms with Crippen LogP contribution >= 0.6 is 12.6 Å². The Morgan fingerprint density at radius 3 is 2.50 bits per heavy atom. The highest BCUT2D eigenvalue weighted by Crippen LogP contribution is 2.24. The maximum Gasteiger partial charge on any atom is 0.326 e. The van der Waals surface area contributed by atoms with Crippen LogP contribution in [0.4, 0.5) is 0 Å². The predicted molar refractivity (Wildman–Crippen MR) is 85.1 cm³/mol. The molecule has 0 bridgehead atoms. The van der Waals surface area contributed by atoms with E-state index in [1.807, 2.05) is 0 Å². The highest BCUT2D eigenvalue weighted by atomic mass is 32.1. The lowest BCUT2D eigenvalue weighted by atomic mass is 9.97. The van der Waals surface area contributed by atoms with Crippen LogP contribution in [0.3, 0.4) is 0 Å². The molecule has 0 spiro atoms. The van der Waals surface area contributed by atoms with Crippen molar-refractivity contribution in [1.82, 2.24) is 4.90 Å². The van der Waals surface area contributed by atoms with Gasteiger partial charge in [-0.1, -0.05) is 37.3 Å². The molecule has 118 valence electrons. The first kappa shape index (κ1) is 16.5. The van der Waals surface area contributed by atoms with Crippen molar-refractivity contribution in [3.8, 4) is 0 Å². The van der Waals surface area contributed by atoms with Crippen LogP contribution in [0.5, 0.6) is 0 Å². The third kappa shape index (κ3) is 3.32. The van der Waals surface area contributed by atoms with Crippen molar-refractivity contribution in [1.29, 1.82) is 0 Å². The number of rotatable bonds is 5. The summed E-state index contributed by atoms with van der Waals surface area (Å²) in [7, 11) is 0. The van der Waals surface area contributed by atoms with Crippen LogP contribution in [-0.2, 0) is 9.59 Å². The van der Waals surface area contributed by atoms with Gasteiger partial charge in [-0.2, -0.15) is 12.6 Å². The molecular weight excluding hydrogens is 302 g/mol. The number of nitrogens with zero attached hydrogens (tertiary/aromatic N) is 1. The summed E-state index contributed by atoms with van der Waals surface area (Å²) in [6, 6.07) is 7.88. The van der Waals surface area contributed by atoms with Gasteiger partial charge in [-0.25, -0.2) is 4.79 Å². The molecule has 0 aliphatic carbocycles. The SMILES string of the molecule is CC(C(=O)N1CCC[C@H]1C(=O)O)C(S)C(=O)c1ccccc1. The Balaban J connectivity index is 2.10. The summed E-state index contributed by atoms with van der Waals surface area (Å²) in [6.45, 7) is 2.04. The van der Waals surface area contributed by atoms with E-state index < -0.39 is 23.2 Å². The zero-order chi connectivity index (χ0) is 16.3. The monoisotopic (exact) mass is 321 g/mol. The molecule has 2 unspecified atom stereocenters. The van der Waals surface area contributed by atoms with Gasteiger partial charge in [0.2, 0.25) is 5.91 Å². The molecular formula is C16H19NO4S. The van der Waals surface area contributed by atoms with Gasteiger partial charge in [-0.05, 0) is 12.8 Å². The quantitative estimate of drug-likeness (QED) is 0.641. The van der Waals surface area contributed by atoms with Crippen LogP contribution in [-0.4, -0.2) is 45.5 Å². The van der Waals surface area contributed by atoms with Gasteiger partial charge in [-0.3, -0.25) is 9.59 Å². The smallest absolute Gasteiger partial charge is 0.326 e. The third-order valence-electron chi connectivity index (χ3n) is 4.01. The predicted octanol–water partition coefficient (Wildman–Crippen LogP) is 1.88. The molecule has 0 aromatic heterocycles. The Hall–Kier alpha value is -1.82. The van der Waals surface area contributed by atoms with Crippen molar-refractivity contribution in [3.63, 3.8) is 0 Å². The average Bonchev–Trinajstić information content (AvgIpc) is 3.02. The number of carboxylic acids is 1. The number of ketones is 1. The molecule has 0 radical (unpaired) electrons. The van der Waals surface area contributed by atoms with Crippen LogP contribution in [0.25, 0.3) is 0 Å². The minimum absolute atomic E-state index is 0.226. The summed E-state index contributed by atoms with van der Waals surface area (Å²) < 4.78 is 0. The van der Waals surface area contributed by atoms with Crippen molar-refractivity contribution < 1.29 is 19.5 Å². The number of aliphatic carboxylic acids is 1. The number of hydrogen-bond donors (Lipinski definition) is 2. The summed E-state index contributed by atoms with van der Waals surface area (Å²) in [4.78, 5) is 37.4. The summed E-state index contributed by atoms with van der Waals surface area (Å²) in [6.07, 6.45) is 1.12. The molecule has 2 rings (SSSR count). The maximum atomic E-state index is 12.5. The molecule has 1 aromatic rings. The van der Waals surface area contributed by atoms with E-state index in [1.54, 1.807) is 37.3 Å². The molecule has 1 heterocycles. The first-order chi connectivity index (χ1) is 10.4. The number of carboxylic acid groups (broad SMARTS) is 1. The summed E-state index contributed by atoms with van der Waals surface area (Å²) in [5.41, 5.74) is 0.498. The highest BCUT2D eigenvalue weighted by Gasteiger charge is 2.38. The number of Topliss-reactive ketones (excluding diaryl/α,β-unsaturated/α-hetero) is 1. The second kappa shape index (κ2) is 6.96. The maximum absolute atomic E-state index is 12.5. The van der Waals surface area contributed by atoms with Crippen molar-refractivity contribution in [2.45, 2.75) is 31.1 Å². The molecule has 1 amide bonds. The summed E-state index contributed by atoms with van der Waals surface area (Å²) in [5, 5.41) is 8.37. The lowest BCUT2D eigenvalue weighted by molar-refractivity contribution is -0.149. The van der Waals surface area contributed by atoms with Gasteiger partial charge in [0, 0.05) is 12.1 Å². The fourth-order valence-corrected chi connectivity index (χ4v) is 2.96. The molecule has 1 aromatic carbocycles. The minimum Gasteiger partial charge on any atom is -0.480 e. The van der Waals surface area contributed by atoms with E-state index in [0.29, 0.717) is 24.9 Å². The first-order valence-corrected chi connectivity index (χ1v) is 7.75. The molecule has 1 saturated heterocycles. The number of benzene rings is 1. The van der Waals surface area contributed by atoms with Gasteiger partial charge in [0.15, 0.2) is 5.78 Å². The van der Waals surface area contributed by atoms with Crippen molar-refractivity contribution in [2.24, 2.45) is 5.92 Å². The van der Waals surface area contributed by atoms with E-state index in [2.05, 4.69) is 12.6 Å². The Morgan fingerprint density at radius 2 is 1.91 bits per heavy atom. The molecule has 1 aliphatic heterocycles. The largest absolute Gasteiger partial charge is 0.480 e. The van der Waals surface area contributed by atoms with Crippen LogP contribution in [0.2, 0.25) is 0 Å². The zero-order valence-corrected chi connectivity index (χ0v) is 13.2. The second-order valence-corrected chi connectivity index (χ2v) is 6.05. The van der Waals surface area contributed by atoms with Gasteiger partial charge in [0.25, 0.3) is 0 Å². The summed E-state index contributed by atoms with van der Waals surface area (Å²) >= 11 is 4.30. The standard InChI is InChI=1S/C16H19NO4S/c1-10(14(22)13(18)11-6-3-2-4-7-11)15(19)17-9-5-8-12(17)16(20)21/h2-4,6-7,10,12,14,22H,5,8-9H2,1H3,(H,20,21)/t10?,12-,14?/m0/s1. The van der Waals surface area contributed by atoms with E-state index in [-0.39, 0.29) is 11.7 Å². The van der Waals surface area contributed by atoms with Crippen LogP contribution in [0.15, 0.2) is 30.3 Å². The molecule has 6 heteroatoms. The Kier molecular flexibility index (Phi) is 5.24. The van der Waals surface area contributed by atoms with Gasteiger partial charge in [0.05, 0.1) is 11.2 Å². The molecule has 3 atom stereocenters. The minimum atomic E-state index is -0.997. The number of likely N-dealkylation sites (tertiary alicyclic amines) is 1. The summed E-state index contributed by atoms with van der Waals surface area (Å²) in [5.74, 6) is -2.22. The van der Waals surface area contributed by atoms with E-state index in [0.717, 1.165) is 0 Å². The first-order valence-electron chi connectivity index (χ1n) is 7.24. The second-order valence-electron chi connectivity index (χ2n) is 5.49. The topological polar surface area (TPSA) is 74.7 Å². The van der Waals surface area contributed by atoms with Crippen LogP contribution in [0.1, 0.15) is 30.1 Å². The van der Waals surface area contributed by atoms with Gasteiger partial charge < -0.3 is 10.0 Å². The number of thiol groups is 1. The van der Waals surface area contributed by atoms with Crippen LogP contribution in [0, 0.1) is 5.92 Å². The average molecular weight is 321 g/mol. The lowest BCUT2D eigenvalue weighted by Crippen LogP contribution is -2.45.